The predicted octanol–water partition coefficient (Wildman–Crippen LogP) is 3.59. The van der Waals surface area contributed by atoms with Gasteiger partial charge >= 0.3 is 0 Å². The second kappa shape index (κ2) is 6.39. The van der Waals surface area contributed by atoms with Crippen molar-refractivity contribution in [3.63, 3.8) is 0 Å². The molecule has 2 unspecified atom stereocenters. The van der Waals surface area contributed by atoms with Crippen LogP contribution < -0.4 is 10.6 Å². The highest BCUT2D eigenvalue weighted by atomic mass is 16.1. The maximum atomic E-state index is 11.5. The molecule has 0 bridgehead atoms. The number of carbonyl (C=O) groups is 1. The normalized spacial score (nSPS) is 21.9. The molecule has 0 spiro atoms. The van der Waals surface area contributed by atoms with Gasteiger partial charge in [-0.2, -0.15) is 5.10 Å². The van der Waals surface area contributed by atoms with Crippen LogP contribution >= 0.6 is 0 Å². The minimum atomic E-state index is -0.356. The highest BCUT2D eigenvalue weighted by Crippen LogP contribution is 2.48. The standard InChI is InChI=1S/C22H30N4O/c1-22(2,3)19-12-20(25(4)24-19)26(13-14-8-9-14)18-11-17(18)15-6-5-7-16(10-15)21(23)27/h5-7,10,12,14,17-18H,8-9,11,13H2,1-4H3,(H2,23,27). The lowest BCUT2D eigenvalue weighted by Gasteiger charge is -2.25. The molecule has 1 amide bonds. The molecule has 4 rings (SSSR count). The minimum Gasteiger partial charge on any atom is -0.366 e. The zero-order valence-electron chi connectivity index (χ0n) is 16.8. The van der Waals surface area contributed by atoms with Crippen molar-refractivity contribution in [2.24, 2.45) is 18.7 Å². The molecule has 2 atom stereocenters. The smallest absolute Gasteiger partial charge is 0.248 e. The van der Waals surface area contributed by atoms with Crippen molar-refractivity contribution in [1.29, 1.82) is 0 Å². The number of amides is 1. The lowest BCUT2D eigenvalue weighted by atomic mass is 9.92. The number of aryl methyl sites for hydroxylation is 1. The minimum absolute atomic E-state index is 0.0417. The summed E-state index contributed by atoms with van der Waals surface area (Å²) in [6.07, 6.45) is 3.77. The van der Waals surface area contributed by atoms with Crippen LogP contribution in [0.25, 0.3) is 0 Å². The second-order valence-electron chi connectivity index (χ2n) is 9.26. The molecule has 27 heavy (non-hydrogen) atoms. The molecule has 1 aromatic heterocycles. The number of primary amides is 1. The van der Waals surface area contributed by atoms with E-state index in [0.29, 0.717) is 17.5 Å². The van der Waals surface area contributed by atoms with Gasteiger partial charge in [0.15, 0.2) is 0 Å². The second-order valence-corrected chi connectivity index (χ2v) is 9.26. The Balaban J connectivity index is 1.60. The number of benzene rings is 1. The average molecular weight is 367 g/mol. The molecule has 0 radical (unpaired) electrons. The van der Waals surface area contributed by atoms with E-state index >= 15 is 0 Å². The predicted molar refractivity (Wildman–Crippen MR) is 108 cm³/mol. The number of carbonyl (C=O) groups excluding carboxylic acids is 1. The van der Waals surface area contributed by atoms with Crippen LogP contribution in [-0.4, -0.2) is 28.3 Å². The Kier molecular flexibility index (Phi) is 4.28. The average Bonchev–Trinajstić information content (AvgIpc) is 3.51. The summed E-state index contributed by atoms with van der Waals surface area (Å²) in [5, 5.41) is 4.79. The van der Waals surface area contributed by atoms with Crippen molar-refractivity contribution in [3.8, 4) is 0 Å². The molecule has 2 saturated carbocycles. The third-order valence-electron chi connectivity index (χ3n) is 5.83. The zero-order chi connectivity index (χ0) is 19.3. The molecule has 5 heteroatoms. The maximum Gasteiger partial charge on any atom is 0.248 e. The number of nitrogens with zero attached hydrogens (tertiary/aromatic N) is 3. The van der Waals surface area contributed by atoms with E-state index in [-0.39, 0.29) is 11.3 Å². The summed E-state index contributed by atoms with van der Waals surface area (Å²) in [5.74, 6) is 2.11. The summed E-state index contributed by atoms with van der Waals surface area (Å²) in [6, 6.07) is 10.6. The van der Waals surface area contributed by atoms with Gasteiger partial charge in [-0.25, -0.2) is 0 Å². The largest absolute Gasteiger partial charge is 0.366 e. The van der Waals surface area contributed by atoms with Crippen LogP contribution in [0.5, 0.6) is 0 Å². The van der Waals surface area contributed by atoms with Gasteiger partial charge < -0.3 is 10.6 Å². The van der Waals surface area contributed by atoms with Crippen molar-refractivity contribution >= 4 is 11.7 Å². The fraction of sp³-hybridized carbons (Fsp3) is 0.545. The number of aromatic nitrogens is 2. The van der Waals surface area contributed by atoms with E-state index in [4.69, 9.17) is 10.8 Å². The van der Waals surface area contributed by atoms with Gasteiger partial charge in [0.2, 0.25) is 5.91 Å². The summed E-state index contributed by atoms with van der Waals surface area (Å²) in [7, 11) is 2.05. The number of nitrogens with two attached hydrogens (primary N) is 1. The Morgan fingerprint density at radius 3 is 2.63 bits per heavy atom. The molecule has 5 nitrogen and oxygen atoms in total. The lowest BCUT2D eigenvalue weighted by Crippen LogP contribution is -2.31. The quantitative estimate of drug-likeness (QED) is 0.850. The number of hydrogen-bond acceptors (Lipinski definition) is 3. The van der Waals surface area contributed by atoms with Gasteiger partial charge in [-0.1, -0.05) is 32.9 Å². The number of rotatable bonds is 6. The van der Waals surface area contributed by atoms with Crippen molar-refractivity contribution in [2.45, 2.75) is 57.4 Å². The highest BCUT2D eigenvalue weighted by Gasteiger charge is 2.45. The van der Waals surface area contributed by atoms with Crippen LogP contribution in [0.4, 0.5) is 5.82 Å². The van der Waals surface area contributed by atoms with Gasteiger partial charge in [0.1, 0.15) is 5.82 Å². The molecular weight excluding hydrogens is 336 g/mol. The Morgan fingerprint density at radius 2 is 2.04 bits per heavy atom. The topological polar surface area (TPSA) is 64.2 Å². The Hall–Kier alpha value is -2.30. The SMILES string of the molecule is Cn1nc(C(C)(C)C)cc1N(CC1CC1)C1CC1c1cccc(C(N)=O)c1. The van der Waals surface area contributed by atoms with Crippen LogP contribution in [-0.2, 0) is 12.5 Å². The molecule has 1 heterocycles. The van der Waals surface area contributed by atoms with E-state index in [1.807, 2.05) is 16.8 Å². The van der Waals surface area contributed by atoms with Gasteiger partial charge in [0, 0.05) is 42.6 Å². The third kappa shape index (κ3) is 3.73. The van der Waals surface area contributed by atoms with Crippen LogP contribution in [0.1, 0.15) is 67.6 Å². The van der Waals surface area contributed by atoms with E-state index in [2.05, 4.69) is 44.9 Å². The van der Waals surface area contributed by atoms with Crippen LogP contribution in [0.2, 0.25) is 0 Å². The molecule has 2 aromatic rings. The first-order chi connectivity index (χ1) is 12.7. The van der Waals surface area contributed by atoms with Gasteiger partial charge in [-0.05, 0) is 42.9 Å². The van der Waals surface area contributed by atoms with Crippen LogP contribution in [0.15, 0.2) is 30.3 Å². The fourth-order valence-corrected chi connectivity index (χ4v) is 3.88. The number of hydrogen-bond donors (Lipinski definition) is 1. The van der Waals surface area contributed by atoms with Crippen molar-refractivity contribution in [2.75, 3.05) is 11.4 Å². The molecule has 1 aromatic carbocycles. The Labute approximate surface area is 161 Å². The van der Waals surface area contributed by atoms with Crippen LogP contribution in [0, 0.1) is 5.92 Å². The van der Waals surface area contributed by atoms with E-state index in [0.717, 1.165) is 24.6 Å². The summed E-state index contributed by atoms with van der Waals surface area (Å²) < 4.78 is 2.04. The monoisotopic (exact) mass is 366 g/mol. The summed E-state index contributed by atoms with van der Waals surface area (Å²) in [5.41, 5.74) is 8.46. The maximum absolute atomic E-state index is 11.5. The Bertz CT molecular complexity index is 859. The van der Waals surface area contributed by atoms with Crippen molar-refractivity contribution in [1.82, 2.24) is 9.78 Å². The zero-order valence-corrected chi connectivity index (χ0v) is 16.8. The fourth-order valence-electron chi connectivity index (χ4n) is 3.88. The first-order valence-corrected chi connectivity index (χ1v) is 9.95. The molecule has 2 aliphatic rings. The third-order valence-corrected chi connectivity index (χ3v) is 5.83. The molecule has 144 valence electrons. The van der Waals surface area contributed by atoms with Gasteiger partial charge in [0.25, 0.3) is 0 Å². The molecule has 2 fully saturated rings. The summed E-state index contributed by atoms with van der Waals surface area (Å²) in [4.78, 5) is 14.1. The number of anilines is 1. The Morgan fingerprint density at radius 1 is 1.30 bits per heavy atom. The van der Waals surface area contributed by atoms with Gasteiger partial charge in [-0.3, -0.25) is 9.48 Å². The van der Waals surface area contributed by atoms with E-state index in [1.54, 1.807) is 6.07 Å². The van der Waals surface area contributed by atoms with Crippen molar-refractivity contribution in [3.05, 3.63) is 47.2 Å². The van der Waals surface area contributed by atoms with Crippen LogP contribution in [0.3, 0.4) is 0 Å². The van der Waals surface area contributed by atoms with E-state index in [9.17, 15) is 4.79 Å². The van der Waals surface area contributed by atoms with Crippen molar-refractivity contribution < 1.29 is 4.79 Å². The molecule has 2 N–H and O–H groups in total. The molecule has 0 aliphatic heterocycles. The summed E-state index contributed by atoms with van der Waals surface area (Å²) in [6.45, 7) is 7.72. The van der Waals surface area contributed by atoms with Gasteiger partial charge in [0.05, 0.1) is 5.69 Å². The lowest BCUT2D eigenvalue weighted by molar-refractivity contribution is 0.1000. The first-order valence-electron chi connectivity index (χ1n) is 9.95. The molecule has 2 aliphatic carbocycles. The molecule has 0 saturated heterocycles. The highest BCUT2D eigenvalue weighted by molar-refractivity contribution is 5.93. The van der Waals surface area contributed by atoms with E-state index < -0.39 is 0 Å². The first kappa shape index (κ1) is 18.1. The molecular formula is C22H30N4O. The summed E-state index contributed by atoms with van der Waals surface area (Å²) >= 11 is 0. The van der Waals surface area contributed by atoms with Gasteiger partial charge in [-0.15, -0.1) is 0 Å². The van der Waals surface area contributed by atoms with E-state index in [1.165, 1.54) is 24.2 Å².